The SMILES string of the molecule is C=COC(=O)c1c(Cl)ccc2c1OB(O)[C@@H](NC(C)=O)C2. The van der Waals surface area contributed by atoms with Gasteiger partial charge >= 0.3 is 13.1 Å². The van der Waals surface area contributed by atoms with Gasteiger partial charge in [-0.2, -0.15) is 0 Å². The van der Waals surface area contributed by atoms with Crippen LogP contribution in [0.25, 0.3) is 0 Å². The second-order valence-corrected chi connectivity index (χ2v) is 4.91. The summed E-state index contributed by atoms with van der Waals surface area (Å²) in [4.78, 5) is 23.0. The second kappa shape index (κ2) is 6.20. The van der Waals surface area contributed by atoms with Crippen LogP contribution in [-0.2, 0) is 16.0 Å². The first-order valence-corrected chi connectivity index (χ1v) is 6.57. The molecule has 1 aromatic carbocycles. The Morgan fingerprint density at radius 1 is 1.62 bits per heavy atom. The molecule has 0 radical (unpaired) electrons. The molecule has 1 aliphatic rings. The van der Waals surface area contributed by atoms with Crippen LogP contribution >= 0.6 is 11.6 Å². The molecule has 6 nitrogen and oxygen atoms in total. The Hall–Kier alpha value is -1.99. The number of rotatable bonds is 3. The highest BCUT2D eigenvalue weighted by Gasteiger charge is 2.38. The number of fused-ring (bicyclic) bond motifs is 1. The molecule has 0 unspecified atom stereocenters. The predicted molar refractivity (Wildman–Crippen MR) is 77.0 cm³/mol. The summed E-state index contributed by atoms with van der Waals surface area (Å²) in [6, 6.07) is 3.20. The maximum atomic E-state index is 11.9. The van der Waals surface area contributed by atoms with Crippen molar-refractivity contribution < 1.29 is 24.0 Å². The lowest BCUT2D eigenvalue weighted by Gasteiger charge is -2.29. The van der Waals surface area contributed by atoms with Gasteiger partial charge in [-0.15, -0.1) is 0 Å². The lowest BCUT2D eigenvalue weighted by atomic mass is 9.72. The van der Waals surface area contributed by atoms with Crippen molar-refractivity contribution in [3.05, 3.63) is 41.1 Å². The van der Waals surface area contributed by atoms with Crippen molar-refractivity contribution in [3.8, 4) is 5.75 Å². The number of amides is 1. The van der Waals surface area contributed by atoms with Crippen LogP contribution in [-0.4, -0.2) is 30.0 Å². The van der Waals surface area contributed by atoms with Gasteiger partial charge in [0.2, 0.25) is 5.91 Å². The van der Waals surface area contributed by atoms with Crippen LogP contribution in [0.1, 0.15) is 22.8 Å². The summed E-state index contributed by atoms with van der Waals surface area (Å²) < 4.78 is 10.1. The van der Waals surface area contributed by atoms with Crippen LogP contribution in [0.2, 0.25) is 5.02 Å². The van der Waals surface area contributed by atoms with E-state index in [4.69, 9.17) is 21.0 Å². The maximum absolute atomic E-state index is 11.9. The van der Waals surface area contributed by atoms with Crippen LogP contribution in [0.3, 0.4) is 0 Å². The molecule has 0 spiro atoms. The normalized spacial score (nSPS) is 16.5. The average Bonchev–Trinajstić information content (AvgIpc) is 2.39. The number of benzene rings is 1. The van der Waals surface area contributed by atoms with Crippen LogP contribution in [0.15, 0.2) is 25.0 Å². The van der Waals surface area contributed by atoms with Gasteiger partial charge in [0, 0.05) is 6.92 Å². The first-order valence-electron chi connectivity index (χ1n) is 6.19. The summed E-state index contributed by atoms with van der Waals surface area (Å²) in [5, 5.41) is 12.7. The summed E-state index contributed by atoms with van der Waals surface area (Å²) >= 11 is 5.99. The third-order valence-corrected chi connectivity index (χ3v) is 3.31. The molecule has 0 saturated heterocycles. The molecule has 1 aliphatic heterocycles. The first kappa shape index (κ1) is 15.4. The standard InChI is InChI=1S/C13H13BClNO5/c1-3-20-13(18)11-9(15)5-4-8-6-10(16-7(2)17)14(19)21-12(8)11/h3-5,10,19H,1,6H2,2H3,(H,16,17)/t10-/m0/s1. The van der Waals surface area contributed by atoms with E-state index in [2.05, 4.69) is 11.9 Å². The number of carbonyl (C=O) groups is 2. The average molecular weight is 310 g/mol. The Morgan fingerprint density at radius 2 is 2.33 bits per heavy atom. The zero-order chi connectivity index (χ0) is 15.6. The van der Waals surface area contributed by atoms with E-state index in [0.717, 1.165) is 6.26 Å². The fourth-order valence-electron chi connectivity index (χ4n) is 2.15. The van der Waals surface area contributed by atoms with E-state index in [0.29, 0.717) is 12.0 Å². The minimum atomic E-state index is -1.28. The molecule has 0 bridgehead atoms. The third kappa shape index (κ3) is 3.20. The van der Waals surface area contributed by atoms with Gasteiger partial charge in [-0.3, -0.25) is 4.79 Å². The summed E-state index contributed by atoms with van der Waals surface area (Å²) in [5.41, 5.74) is 0.661. The zero-order valence-corrected chi connectivity index (χ0v) is 12.0. The molecule has 0 fully saturated rings. The highest BCUT2D eigenvalue weighted by atomic mass is 35.5. The smallest absolute Gasteiger partial charge is 0.534 e. The fraction of sp³-hybridized carbons (Fsp3) is 0.231. The number of nitrogens with one attached hydrogen (secondary N) is 1. The monoisotopic (exact) mass is 309 g/mol. The van der Waals surface area contributed by atoms with Crippen LogP contribution < -0.4 is 9.97 Å². The molecule has 8 heteroatoms. The molecular weight excluding hydrogens is 296 g/mol. The summed E-state index contributed by atoms with van der Waals surface area (Å²) in [5.74, 6) is -1.45. The summed E-state index contributed by atoms with van der Waals surface area (Å²) in [7, 11) is -1.28. The number of halogens is 1. The second-order valence-electron chi connectivity index (χ2n) is 4.50. The van der Waals surface area contributed by atoms with Crippen molar-refractivity contribution in [2.24, 2.45) is 0 Å². The van der Waals surface area contributed by atoms with Crippen LogP contribution in [0, 0.1) is 0 Å². The van der Waals surface area contributed by atoms with Gasteiger partial charge in [0.05, 0.1) is 17.2 Å². The van der Waals surface area contributed by atoms with Gasteiger partial charge in [0.25, 0.3) is 0 Å². The molecule has 1 amide bonds. The fourth-order valence-corrected chi connectivity index (χ4v) is 2.37. The van der Waals surface area contributed by atoms with Gasteiger partial charge in [-0.25, -0.2) is 4.79 Å². The number of hydrogen-bond acceptors (Lipinski definition) is 5. The quantitative estimate of drug-likeness (QED) is 0.496. The molecule has 1 heterocycles. The largest absolute Gasteiger partial charge is 0.547 e. The minimum absolute atomic E-state index is 0.0226. The number of ether oxygens (including phenoxy) is 1. The predicted octanol–water partition coefficient (Wildman–Crippen LogP) is 1.10. The van der Waals surface area contributed by atoms with E-state index in [1.54, 1.807) is 6.07 Å². The molecule has 1 atom stereocenters. The molecule has 2 rings (SSSR count). The van der Waals surface area contributed by atoms with Gasteiger partial charge < -0.3 is 19.7 Å². The van der Waals surface area contributed by atoms with E-state index in [9.17, 15) is 14.6 Å². The molecule has 110 valence electrons. The topological polar surface area (TPSA) is 84.9 Å². The molecular formula is C13H13BClNO5. The Labute approximate surface area is 126 Å². The Kier molecular flexibility index (Phi) is 4.54. The Morgan fingerprint density at radius 3 is 2.95 bits per heavy atom. The Balaban J connectivity index is 2.39. The molecule has 0 aliphatic carbocycles. The van der Waals surface area contributed by atoms with Gasteiger partial charge in [-0.05, 0) is 18.1 Å². The van der Waals surface area contributed by atoms with E-state index < -0.39 is 19.0 Å². The van der Waals surface area contributed by atoms with E-state index in [1.165, 1.54) is 13.0 Å². The van der Waals surface area contributed by atoms with Crippen LogP contribution in [0.5, 0.6) is 5.75 Å². The van der Waals surface area contributed by atoms with E-state index in [1.807, 2.05) is 0 Å². The van der Waals surface area contributed by atoms with E-state index in [-0.39, 0.29) is 22.2 Å². The zero-order valence-electron chi connectivity index (χ0n) is 11.3. The lowest BCUT2D eigenvalue weighted by molar-refractivity contribution is -0.119. The Bertz CT molecular complexity index is 606. The van der Waals surface area contributed by atoms with E-state index >= 15 is 0 Å². The molecule has 21 heavy (non-hydrogen) atoms. The molecule has 2 N–H and O–H groups in total. The van der Waals surface area contributed by atoms with Crippen LogP contribution in [0.4, 0.5) is 0 Å². The molecule has 0 aromatic heterocycles. The summed E-state index contributed by atoms with van der Waals surface area (Å²) in [6.07, 6.45) is 1.29. The summed E-state index contributed by atoms with van der Waals surface area (Å²) in [6.45, 7) is 4.65. The van der Waals surface area contributed by atoms with Gasteiger partial charge in [0.1, 0.15) is 11.3 Å². The van der Waals surface area contributed by atoms with Crippen molar-refractivity contribution in [1.29, 1.82) is 0 Å². The van der Waals surface area contributed by atoms with Gasteiger partial charge in [-0.1, -0.05) is 24.2 Å². The van der Waals surface area contributed by atoms with Crippen molar-refractivity contribution in [2.75, 3.05) is 0 Å². The highest BCUT2D eigenvalue weighted by Crippen LogP contribution is 2.35. The lowest BCUT2D eigenvalue weighted by Crippen LogP contribution is -2.52. The first-order chi connectivity index (χ1) is 9.93. The number of hydrogen-bond donors (Lipinski definition) is 2. The van der Waals surface area contributed by atoms with Gasteiger partial charge in [0.15, 0.2) is 0 Å². The number of carbonyl (C=O) groups excluding carboxylic acids is 2. The maximum Gasteiger partial charge on any atom is 0.547 e. The highest BCUT2D eigenvalue weighted by molar-refractivity contribution is 6.47. The minimum Gasteiger partial charge on any atom is -0.534 e. The molecule has 0 saturated carbocycles. The van der Waals surface area contributed by atoms with Crippen molar-refractivity contribution in [2.45, 2.75) is 19.3 Å². The molecule has 1 aromatic rings. The van der Waals surface area contributed by atoms with Crippen molar-refractivity contribution in [3.63, 3.8) is 0 Å². The van der Waals surface area contributed by atoms with Crippen molar-refractivity contribution in [1.82, 2.24) is 5.32 Å². The van der Waals surface area contributed by atoms with Crippen molar-refractivity contribution >= 4 is 30.6 Å². The number of esters is 1. The third-order valence-electron chi connectivity index (χ3n) is 2.99.